The van der Waals surface area contributed by atoms with Crippen LogP contribution in [-0.4, -0.2) is 25.8 Å². The van der Waals surface area contributed by atoms with Gasteiger partial charge in [-0.1, -0.05) is 48.5 Å². The number of fused-ring (bicyclic) bond motifs is 1. The van der Waals surface area contributed by atoms with E-state index < -0.39 is 5.97 Å². The van der Waals surface area contributed by atoms with Gasteiger partial charge in [0, 0.05) is 35.8 Å². The van der Waals surface area contributed by atoms with Crippen molar-refractivity contribution in [1.29, 1.82) is 0 Å². The van der Waals surface area contributed by atoms with Gasteiger partial charge in [-0.3, -0.25) is 14.6 Å². The van der Waals surface area contributed by atoms with Crippen LogP contribution in [0.15, 0.2) is 95.9 Å². The highest BCUT2D eigenvalue weighted by molar-refractivity contribution is 5.93. The first-order chi connectivity index (χ1) is 18.0. The number of hydrogen-bond acceptors (Lipinski definition) is 5. The van der Waals surface area contributed by atoms with Gasteiger partial charge in [0.15, 0.2) is 0 Å². The van der Waals surface area contributed by atoms with Gasteiger partial charge < -0.3 is 10.4 Å². The Balaban J connectivity index is 1.52. The van der Waals surface area contributed by atoms with Gasteiger partial charge in [0.25, 0.3) is 5.56 Å². The van der Waals surface area contributed by atoms with Gasteiger partial charge in [-0.2, -0.15) is 5.10 Å². The standard InChI is InChI=1S/C30H26N4O3/c1-2-34-30(37)28(32-26-13-5-12-25-24(26)11-6-16-31-25)19-27(33-34)23-10-4-9-22(18-23)21-8-3-7-20(17-21)14-15-29(35)36/h3-13,16-19,32H,2,14-15H2,1H3,(H,35,36). The predicted molar refractivity (Wildman–Crippen MR) is 146 cm³/mol. The molecule has 3 aromatic carbocycles. The van der Waals surface area contributed by atoms with Crippen molar-refractivity contribution < 1.29 is 9.90 Å². The van der Waals surface area contributed by atoms with Crippen molar-refractivity contribution in [2.24, 2.45) is 0 Å². The minimum absolute atomic E-state index is 0.0918. The minimum Gasteiger partial charge on any atom is -0.481 e. The van der Waals surface area contributed by atoms with Gasteiger partial charge in [-0.25, -0.2) is 4.68 Å². The fraction of sp³-hybridized carbons (Fsp3) is 0.133. The first-order valence-electron chi connectivity index (χ1n) is 12.2. The van der Waals surface area contributed by atoms with Crippen LogP contribution >= 0.6 is 0 Å². The van der Waals surface area contributed by atoms with Crippen LogP contribution in [0.25, 0.3) is 33.3 Å². The molecule has 0 aliphatic heterocycles. The fourth-order valence-electron chi connectivity index (χ4n) is 4.36. The molecule has 0 bridgehead atoms. The third-order valence-electron chi connectivity index (χ3n) is 6.24. The van der Waals surface area contributed by atoms with E-state index in [1.54, 1.807) is 12.3 Å². The van der Waals surface area contributed by atoms with Crippen LogP contribution in [0.2, 0.25) is 0 Å². The molecule has 184 valence electrons. The SMILES string of the molecule is CCn1nc(-c2cccc(-c3cccc(CCC(=O)O)c3)c2)cc(Nc2cccc3ncccc23)c1=O. The number of benzene rings is 3. The second kappa shape index (κ2) is 10.5. The van der Waals surface area contributed by atoms with Gasteiger partial charge >= 0.3 is 5.97 Å². The molecule has 0 spiro atoms. The van der Waals surface area contributed by atoms with E-state index in [1.165, 1.54) is 4.68 Å². The molecule has 2 N–H and O–H groups in total. The normalized spacial score (nSPS) is 10.9. The van der Waals surface area contributed by atoms with Crippen LogP contribution in [0.3, 0.4) is 0 Å². The molecule has 0 saturated heterocycles. The maximum absolute atomic E-state index is 13.1. The molecule has 5 aromatic rings. The number of rotatable bonds is 8. The fourth-order valence-corrected chi connectivity index (χ4v) is 4.36. The Kier molecular flexibility index (Phi) is 6.76. The van der Waals surface area contributed by atoms with Gasteiger partial charge in [-0.15, -0.1) is 0 Å². The number of nitrogens with one attached hydrogen (secondary N) is 1. The Hall–Kier alpha value is -4.78. The number of aliphatic carboxylic acids is 1. The summed E-state index contributed by atoms with van der Waals surface area (Å²) in [6, 6.07) is 27.3. The molecule has 2 aromatic heterocycles. The number of aromatic nitrogens is 3. The maximum atomic E-state index is 13.1. The predicted octanol–water partition coefficient (Wildman–Crippen LogP) is 5.91. The Bertz CT molecular complexity index is 1650. The molecule has 0 aliphatic rings. The molecule has 0 amide bonds. The van der Waals surface area contributed by atoms with Crippen molar-refractivity contribution in [2.75, 3.05) is 5.32 Å². The zero-order valence-corrected chi connectivity index (χ0v) is 20.4. The zero-order chi connectivity index (χ0) is 25.8. The second-order valence-corrected chi connectivity index (χ2v) is 8.74. The first kappa shape index (κ1) is 23.9. The molecule has 7 heteroatoms. The summed E-state index contributed by atoms with van der Waals surface area (Å²) in [5.41, 5.74) is 6.38. The molecule has 0 unspecified atom stereocenters. The van der Waals surface area contributed by atoms with Gasteiger partial charge in [0.1, 0.15) is 5.69 Å². The smallest absolute Gasteiger partial charge is 0.303 e. The van der Waals surface area contributed by atoms with Gasteiger partial charge in [-0.05, 0) is 66.4 Å². The lowest BCUT2D eigenvalue weighted by molar-refractivity contribution is -0.136. The van der Waals surface area contributed by atoms with Crippen molar-refractivity contribution in [1.82, 2.24) is 14.8 Å². The van der Waals surface area contributed by atoms with E-state index in [0.717, 1.165) is 38.8 Å². The van der Waals surface area contributed by atoms with Crippen molar-refractivity contribution in [3.63, 3.8) is 0 Å². The number of carboxylic acid groups (broad SMARTS) is 1. The van der Waals surface area contributed by atoms with Crippen LogP contribution < -0.4 is 10.9 Å². The summed E-state index contributed by atoms with van der Waals surface area (Å²) in [4.78, 5) is 28.5. The summed E-state index contributed by atoms with van der Waals surface area (Å²) in [5, 5.41) is 17.9. The number of carboxylic acids is 1. The van der Waals surface area contributed by atoms with E-state index in [-0.39, 0.29) is 12.0 Å². The summed E-state index contributed by atoms with van der Waals surface area (Å²) < 4.78 is 1.46. The average molecular weight is 491 g/mol. The molecule has 7 nitrogen and oxygen atoms in total. The molecule has 37 heavy (non-hydrogen) atoms. The van der Waals surface area contributed by atoms with E-state index in [1.807, 2.05) is 85.8 Å². The van der Waals surface area contributed by atoms with E-state index >= 15 is 0 Å². The number of pyridine rings is 1. The van der Waals surface area contributed by atoms with E-state index in [4.69, 9.17) is 5.11 Å². The molecule has 0 fully saturated rings. The lowest BCUT2D eigenvalue weighted by Gasteiger charge is -2.13. The highest BCUT2D eigenvalue weighted by Crippen LogP contribution is 2.29. The quantitative estimate of drug-likeness (QED) is 0.281. The van der Waals surface area contributed by atoms with Crippen LogP contribution in [0.5, 0.6) is 0 Å². The maximum Gasteiger partial charge on any atom is 0.303 e. The summed E-state index contributed by atoms with van der Waals surface area (Å²) in [5.74, 6) is -0.811. The average Bonchev–Trinajstić information content (AvgIpc) is 2.93. The summed E-state index contributed by atoms with van der Waals surface area (Å²) in [7, 11) is 0. The number of aryl methyl sites for hydroxylation is 2. The van der Waals surface area contributed by atoms with E-state index in [2.05, 4.69) is 15.4 Å². The van der Waals surface area contributed by atoms with Crippen LogP contribution in [0.4, 0.5) is 11.4 Å². The first-order valence-corrected chi connectivity index (χ1v) is 12.2. The Morgan fingerprint density at radius 2 is 1.65 bits per heavy atom. The van der Waals surface area contributed by atoms with Crippen molar-refractivity contribution in [3.05, 3.63) is 107 Å². The monoisotopic (exact) mass is 490 g/mol. The lowest BCUT2D eigenvalue weighted by Crippen LogP contribution is -2.24. The lowest BCUT2D eigenvalue weighted by atomic mass is 9.98. The molecule has 0 atom stereocenters. The third-order valence-corrected chi connectivity index (χ3v) is 6.24. The van der Waals surface area contributed by atoms with Crippen LogP contribution in [0, 0.1) is 0 Å². The molecule has 0 saturated carbocycles. The summed E-state index contributed by atoms with van der Waals surface area (Å²) in [6.45, 7) is 2.33. The molecular formula is C30H26N4O3. The van der Waals surface area contributed by atoms with Gasteiger partial charge in [0.2, 0.25) is 0 Å². The number of anilines is 2. The molecular weight excluding hydrogens is 464 g/mol. The number of carbonyl (C=O) groups is 1. The highest BCUT2D eigenvalue weighted by Gasteiger charge is 2.12. The largest absolute Gasteiger partial charge is 0.481 e. The summed E-state index contributed by atoms with van der Waals surface area (Å²) >= 11 is 0. The van der Waals surface area contributed by atoms with Crippen LogP contribution in [-0.2, 0) is 17.8 Å². The van der Waals surface area contributed by atoms with Crippen molar-refractivity contribution in [3.8, 4) is 22.4 Å². The Morgan fingerprint density at radius 1 is 0.892 bits per heavy atom. The molecule has 0 aliphatic carbocycles. The summed E-state index contributed by atoms with van der Waals surface area (Å²) in [6.07, 6.45) is 2.31. The van der Waals surface area contributed by atoms with Crippen LogP contribution in [0.1, 0.15) is 18.9 Å². The molecule has 5 rings (SSSR count). The van der Waals surface area contributed by atoms with E-state index in [0.29, 0.717) is 24.3 Å². The number of nitrogens with zero attached hydrogens (tertiary/aromatic N) is 3. The van der Waals surface area contributed by atoms with E-state index in [9.17, 15) is 9.59 Å². The van der Waals surface area contributed by atoms with Gasteiger partial charge in [0.05, 0.1) is 11.2 Å². The Morgan fingerprint density at radius 3 is 2.46 bits per heavy atom. The Labute approximate surface area is 214 Å². The van der Waals surface area contributed by atoms with Crippen molar-refractivity contribution in [2.45, 2.75) is 26.3 Å². The number of hydrogen-bond donors (Lipinski definition) is 2. The highest BCUT2D eigenvalue weighted by atomic mass is 16.4. The second-order valence-electron chi connectivity index (χ2n) is 8.74. The van der Waals surface area contributed by atoms with Crippen molar-refractivity contribution >= 4 is 28.2 Å². The topological polar surface area (TPSA) is 97.1 Å². The third kappa shape index (κ3) is 5.26. The zero-order valence-electron chi connectivity index (χ0n) is 20.4. The molecule has 2 heterocycles. The molecule has 0 radical (unpaired) electrons. The minimum atomic E-state index is -0.811.